The molecule has 0 aromatic carbocycles. The second-order valence-corrected chi connectivity index (χ2v) is 7.33. The molecular weight excluding hydrogens is 290 g/mol. The lowest BCUT2D eigenvalue weighted by Crippen LogP contribution is -2.34. The van der Waals surface area contributed by atoms with Crippen molar-refractivity contribution in [1.29, 1.82) is 0 Å². The lowest BCUT2D eigenvalue weighted by atomic mass is 10.4. The standard InChI is InChI=1S/C13H19N5O2S/c1-2-21(19,20)17-7-4-13-14-10-12(18(13)9-8-17)11-16-6-3-5-15-16/h3,5-6,10H,2,4,7-9,11H2,1H3. The molecule has 1 aliphatic heterocycles. The molecule has 0 unspecified atom stereocenters. The molecule has 0 fully saturated rings. The summed E-state index contributed by atoms with van der Waals surface area (Å²) in [5.41, 5.74) is 1.06. The molecule has 0 bridgehead atoms. The summed E-state index contributed by atoms with van der Waals surface area (Å²) in [6.07, 6.45) is 6.17. The minimum absolute atomic E-state index is 0.148. The average molecular weight is 309 g/mol. The van der Waals surface area contributed by atoms with Crippen molar-refractivity contribution in [2.24, 2.45) is 0 Å². The second-order valence-electron chi connectivity index (χ2n) is 5.07. The Kier molecular flexibility index (Phi) is 3.81. The topological polar surface area (TPSA) is 73.0 Å². The van der Waals surface area contributed by atoms with Gasteiger partial charge in [0.2, 0.25) is 10.0 Å². The molecule has 2 aromatic rings. The molecule has 0 saturated heterocycles. The summed E-state index contributed by atoms with van der Waals surface area (Å²) in [5.74, 6) is 1.10. The van der Waals surface area contributed by atoms with E-state index in [-0.39, 0.29) is 5.75 Å². The van der Waals surface area contributed by atoms with Crippen molar-refractivity contribution < 1.29 is 8.42 Å². The fourth-order valence-electron chi connectivity index (χ4n) is 2.62. The molecule has 0 radical (unpaired) electrons. The van der Waals surface area contributed by atoms with Gasteiger partial charge in [0.1, 0.15) is 5.82 Å². The Bertz CT molecular complexity index is 705. The third kappa shape index (κ3) is 2.86. The fourth-order valence-corrected chi connectivity index (χ4v) is 3.72. The molecule has 114 valence electrons. The number of sulfonamides is 1. The van der Waals surface area contributed by atoms with Crippen molar-refractivity contribution in [2.75, 3.05) is 18.8 Å². The third-order valence-corrected chi connectivity index (χ3v) is 5.70. The molecule has 0 spiro atoms. The summed E-state index contributed by atoms with van der Waals surface area (Å²) < 4.78 is 29.5. The van der Waals surface area contributed by atoms with Crippen molar-refractivity contribution in [3.63, 3.8) is 0 Å². The zero-order valence-electron chi connectivity index (χ0n) is 12.0. The van der Waals surface area contributed by atoms with Crippen molar-refractivity contribution in [2.45, 2.75) is 26.4 Å². The number of nitrogens with zero attached hydrogens (tertiary/aromatic N) is 5. The number of hydrogen-bond acceptors (Lipinski definition) is 4. The van der Waals surface area contributed by atoms with E-state index in [0.717, 1.165) is 11.5 Å². The SMILES string of the molecule is CCS(=O)(=O)N1CCc2ncc(Cn3cccn3)n2CC1. The number of rotatable bonds is 4. The molecular formula is C13H19N5O2S. The van der Waals surface area contributed by atoms with Crippen LogP contribution in [0.2, 0.25) is 0 Å². The molecule has 8 heteroatoms. The van der Waals surface area contributed by atoms with E-state index in [0.29, 0.717) is 32.6 Å². The quantitative estimate of drug-likeness (QED) is 0.816. The zero-order valence-corrected chi connectivity index (χ0v) is 12.8. The van der Waals surface area contributed by atoms with Gasteiger partial charge in [-0.3, -0.25) is 4.68 Å². The largest absolute Gasteiger partial charge is 0.329 e. The van der Waals surface area contributed by atoms with Gasteiger partial charge in [-0.05, 0) is 13.0 Å². The Hall–Kier alpha value is -1.67. The minimum atomic E-state index is -3.13. The van der Waals surface area contributed by atoms with E-state index in [1.54, 1.807) is 17.4 Å². The highest BCUT2D eigenvalue weighted by Gasteiger charge is 2.24. The highest BCUT2D eigenvalue weighted by molar-refractivity contribution is 7.89. The van der Waals surface area contributed by atoms with Gasteiger partial charge in [-0.1, -0.05) is 0 Å². The first-order valence-corrected chi connectivity index (χ1v) is 8.69. The smallest absolute Gasteiger partial charge is 0.213 e. The van der Waals surface area contributed by atoms with Gasteiger partial charge in [-0.15, -0.1) is 0 Å². The van der Waals surface area contributed by atoms with Crippen LogP contribution in [0.4, 0.5) is 0 Å². The Morgan fingerprint density at radius 3 is 2.86 bits per heavy atom. The monoisotopic (exact) mass is 309 g/mol. The van der Waals surface area contributed by atoms with Gasteiger partial charge < -0.3 is 4.57 Å². The van der Waals surface area contributed by atoms with Gasteiger partial charge in [0.25, 0.3) is 0 Å². The summed E-state index contributed by atoms with van der Waals surface area (Å²) in [4.78, 5) is 4.44. The van der Waals surface area contributed by atoms with Crippen LogP contribution < -0.4 is 0 Å². The lowest BCUT2D eigenvalue weighted by Gasteiger charge is -2.18. The van der Waals surface area contributed by atoms with Gasteiger partial charge >= 0.3 is 0 Å². The molecule has 0 aliphatic carbocycles. The summed E-state index contributed by atoms with van der Waals surface area (Å²) in [5, 5.41) is 4.20. The van der Waals surface area contributed by atoms with Gasteiger partial charge in [0.15, 0.2) is 0 Å². The number of aromatic nitrogens is 4. The molecule has 3 heterocycles. The predicted molar refractivity (Wildman–Crippen MR) is 78.3 cm³/mol. The summed E-state index contributed by atoms with van der Waals surface area (Å²) >= 11 is 0. The van der Waals surface area contributed by atoms with E-state index in [9.17, 15) is 8.42 Å². The van der Waals surface area contributed by atoms with Crippen LogP contribution in [-0.4, -0.2) is 50.9 Å². The molecule has 0 atom stereocenters. The molecule has 0 amide bonds. The van der Waals surface area contributed by atoms with Gasteiger partial charge in [0, 0.05) is 38.4 Å². The lowest BCUT2D eigenvalue weighted by molar-refractivity contribution is 0.413. The van der Waals surface area contributed by atoms with Crippen LogP contribution in [0.5, 0.6) is 0 Å². The highest BCUT2D eigenvalue weighted by atomic mass is 32.2. The predicted octanol–water partition coefficient (Wildman–Crippen LogP) is 0.336. The Labute approximate surface area is 124 Å². The normalized spacial score (nSPS) is 16.6. The van der Waals surface area contributed by atoms with Crippen molar-refractivity contribution in [3.05, 3.63) is 36.2 Å². The fraction of sp³-hybridized carbons (Fsp3) is 0.538. The van der Waals surface area contributed by atoms with Crippen LogP contribution in [0.15, 0.2) is 24.7 Å². The average Bonchev–Trinajstić information content (AvgIpc) is 3.05. The van der Waals surface area contributed by atoms with Crippen LogP contribution in [-0.2, 0) is 29.5 Å². The van der Waals surface area contributed by atoms with Gasteiger partial charge in [-0.2, -0.15) is 9.40 Å². The third-order valence-electron chi connectivity index (χ3n) is 3.82. The second kappa shape index (κ2) is 5.61. The van der Waals surface area contributed by atoms with Crippen LogP contribution in [0.25, 0.3) is 0 Å². The first-order chi connectivity index (χ1) is 10.1. The highest BCUT2D eigenvalue weighted by Crippen LogP contribution is 2.15. The summed E-state index contributed by atoms with van der Waals surface area (Å²) in [6.45, 7) is 3.99. The molecule has 0 saturated carbocycles. The maximum absolute atomic E-state index is 12.0. The van der Waals surface area contributed by atoms with Gasteiger partial charge in [-0.25, -0.2) is 13.4 Å². The summed E-state index contributed by atoms with van der Waals surface area (Å²) in [6, 6.07) is 1.88. The first kappa shape index (κ1) is 14.3. The molecule has 0 N–H and O–H groups in total. The van der Waals surface area contributed by atoms with E-state index in [1.807, 2.05) is 23.1 Å². The van der Waals surface area contributed by atoms with E-state index in [2.05, 4.69) is 14.6 Å². The van der Waals surface area contributed by atoms with E-state index >= 15 is 0 Å². The van der Waals surface area contributed by atoms with E-state index in [4.69, 9.17) is 0 Å². The first-order valence-electron chi connectivity index (χ1n) is 7.08. The minimum Gasteiger partial charge on any atom is -0.329 e. The van der Waals surface area contributed by atoms with Gasteiger partial charge in [0.05, 0.1) is 24.2 Å². The Morgan fingerprint density at radius 2 is 2.14 bits per heavy atom. The van der Waals surface area contributed by atoms with Crippen molar-refractivity contribution >= 4 is 10.0 Å². The number of hydrogen-bond donors (Lipinski definition) is 0. The Morgan fingerprint density at radius 1 is 1.29 bits per heavy atom. The molecule has 1 aliphatic rings. The van der Waals surface area contributed by atoms with Crippen LogP contribution >= 0.6 is 0 Å². The zero-order chi connectivity index (χ0) is 14.9. The van der Waals surface area contributed by atoms with E-state index < -0.39 is 10.0 Å². The van der Waals surface area contributed by atoms with Crippen LogP contribution in [0.3, 0.4) is 0 Å². The molecule has 2 aromatic heterocycles. The van der Waals surface area contributed by atoms with Crippen molar-refractivity contribution in [1.82, 2.24) is 23.6 Å². The molecule has 3 rings (SSSR count). The van der Waals surface area contributed by atoms with Crippen molar-refractivity contribution in [3.8, 4) is 0 Å². The van der Waals surface area contributed by atoms with E-state index in [1.165, 1.54) is 0 Å². The molecule has 7 nitrogen and oxygen atoms in total. The number of imidazole rings is 1. The Balaban J connectivity index is 1.80. The summed E-state index contributed by atoms with van der Waals surface area (Å²) in [7, 11) is -3.13. The maximum Gasteiger partial charge on any atom is 0.213 e. The maximum atomic E-state index is 12.0. The van der Waals surface area contributed by atoms with Crippen LogP contribution in [0.1, 0.15) is 18.4 Å². The van der Waals surface area contributed by atoms with Crippen LogP contribution in [0, 0.1) is 0 Å². The molecule has 21 heavy (non-hydrogen) atoms. The number of fused-ring (bicyclic) bond motifs is 1.